The Morgan fingerprint density at radius 3 is 2.94 bits per heavy atom. The molecular weight excluding hydrogens is 224 g/mol. The molecule has 1 heterocycles. The molecule has 94 valence electrons. The van der Waals surface area contributed by atoms with Crippen LogP contribution in [-0.2, 0) is 0 Å². The topological polar surface area (TPSA) is 48.1 Å². The van der Waals surface area contributed by atoms with Gasteiger partial charge in [-0.15, -0.1) is 0 Å². The van der Waals surface area contributed by atoms with Gasteiger partial charge in [-0.25, -0.2) is 0 Å². The van der Waals surface area contributed by atoms with Gasteiger partial charge in [-0.05, 0) is 43.9 Å². The van der Waals surface area contributed by atoms with Gasteiger partial charge in [0.25, 0.3) is 0 Å². The van der Waals surface area contributed by atoms with E-state index in [0.717, 1.165) is 42.3 Å². The first-order valence-electron chi connectivity index (χ1n) is 6.59. The minimum Gasteiger partial charge on any atom is -0.490 e. The third-order valence-electron chi connectivity index (χ3n) is 3.57. The maximum atomic E-state index is 6.12. The molecule has 0 spiro atoms. The van der Waals surface area contributed by atoms with Crippen molar-refractivity contribution in [1.29, 1.82) is 0 Å². The molecule has 3 nitrogen and oxygen atoms in total. The third-order valence-corrected chi connectivity index (χ3v) is 3.57. The Kier molecular flexibility index (Phi) is 3.15. The molecule has 2 aromatic rings. The fraction of sp³-hybridized carbons (Fsp3) is 0.400. The molecule has 18 heavy (non-hydrogen) atoms. The smallest absolute Gasteiger partial charge is 0.130 e. The number of pyridine rings is 1. The zero-order chi connectivity index (χ0) is 12.4. The Balaban J connectivity index is 1.86. The SMILES string of the molecule is NC1CCCC(Oc2ccnc3ccccc23)C1. The van der Waals surface area contributed by atoms with Crippen LogP contribution in [0.2, 0.25) is 0 Å². The molecule has 0 aliphatic heterocycles. The minimum atomic E-state index is 0.250. The Hall–Kier alpha value is -1.61. The van der Waals surface area contributed by atoms with E-state index in [0.29, 0.717) is 0 Å². The largest absolute Gasteiger partial charge is 0.490 e. The van der Waals surface area contributed by atoms with Gasteiger partial charge in [0.1, 0.15) is 11.9 Å². The number of aromatic nitrogens is 1. The van der Waals surface area contributed by atoms with Gasteiger partial charge in [0.05, 0.1) is 5.52 Å². The molecule has 1 aliphatic carbocycles. The maximum Gasteiger partial charge on any atom is 0.130 e. The van der Waals surface area contributed by atoms with Crippen LogP contribution in [0.25, 0.3) is 10.9 Å². The second-order valence-corrected chi connectivity index (χ2v) is 4.99. The number of nitrogens with two attached hydrogens (primary N) is 1. The van der Waals surface area contributed by atoms with E-state index in [1.165, 1.54) is 0 Å². The highest BCUT2D eigenvalue weighted by Crippen LogP contribution is 2.28. The van der Waals surface area contributed by atoms with Crippen LogP contribution in [0.4, 0.5) is 0 Å². The van der Waals surface area contributed by atoms with Gasteiger partial charge in [-0.3, -0.25) is 4.98 Å². The van der Waals surface area contributed by atoms with E-state index in [1.54, 1.807) is 6.20 Å². The molecule has 3 rings (SSSR count). The van der Waals surface area contributed by atoms with Crippen LogP contribution in [0.1, 0.15) is 25.7 Å². The second-order valence-electron chi connectivity index (χ2n) is 4.99. The van der Waals surface area contributed by atoms with Crippen LogP contribution >= 0.6 is 0 Å². The Morgan fingerprint density at radius 2 is 2.06 bits per heavy atom. The molecule has 0 bridgehead atoms. The lowest BCUT2D eigenvalue weighted by Gasteiger charge is -2.27. The van der Waals surface area contributed by atoms with Gasteiger partial charge in [0, 0.05) is 17.6 Å². The van der Waals surface area contributed by atoms with Crippen molar-refractivity contribution in [2.24, 2.45) is 5.73 Å². The minimum absolute atomic E-state index is 0.250. The highest BCUT2D eigenvalue weighted by molar-refractivity contribution is 5.84. The zero-order valence-corrected chi connectivity index (χ0v) is 10.4. The van der Waals surface area contributed by atoms with E-state index >= 15 is 0 Å². The highest BCUT2D eigenvalue weighted by Gasteiger charge is 2.21. The Bertz CT molecular complexity index is 536. The lowest BCUT2D eigenvalue weighted by atomic mass is 9.93. The molecule has 0 radical (unpaired) electrons. The average molecular weight is 242 g/mol. The van der Waals surface area contributed by atoms with Crippen molar-refractivity contribution in [3.05, 3.63) is 36.5 Å². The number of fused-ring (bicyclic) bond motifs is 1. The van der Waals surface area contributed by atoms with Gasteiger partial charge in [-0.1, -0.05) is 12.1 Å². The van der Waals surface area contributed by atoms with E-state index in [2.05, 4.69) is 11.1 Å². The standard InChI is InChI=1S/C15H18N2O/c16-11-4-3-5-12(10-11)18-15-8-9-17-14-7-2-1-6-13(14)15/h1-2,6-9,11-12H,3-5,10,16H2. The number of ether oxygens (including phenoxy) is 1. The van der Waals surface area contributed by atoms with Gasteiger partial charge in [0.2, 0.25) is 0 Å². The van der Waals surface area contributed by atoms with Crippen molar-refractivity contribution in [1.82, 2.24) is 4.98 Å². The predicted octanol–water partition coefficient (Wildman–Crippen LogP) is 2.88. The van der Waals surface area contributed by atoms with Crippen molar-refractivity contribution < 1.29 is 4.74 Å². The summed E-state index contributed by atoms with van der Waals surface area (Å²) >= 11 is 0. The van der Waals surface area contributed by atoms with Crippen LogP contribution in [-0.4, -0.2) is 17.1 Å². The first-order chi connectivity index (χ1) is 8.83. The second kappa shape index (κ2) is 4.94. The molecule has 2 atom stereocenters. The van der Waals surface area contributed by atoms with Gasteiger partial charge < -0.3 is 10.5 Å². The molecule has 0 amide bonds. The fourth-order valence-corrected chi connectivity index (χ4v) is 2.64. The lowest BCUT2D eigenvalue weighted by molar-refractivity contribution is 0.146. The van der Waals surface area contributed by atoms with Crippen LogP contribution in [0.3, 0.4) is 0 Å². The molecule has 3 heteroatoms. The third kappa shape index (κ3) is 2.31. The molecule has 1 aromatic carbocycles. The number of benzene rings is 1. The highest BCUT2D eigenvalue weighted by atomic mass is 16.5. The summed E-state index contributed by atoms with van der Waals surface area (Å²) < 4.78 is 6.12. The van der Waals surface area contributed by atoms with Crippen molar-refractivity contribution in [3.8, 4) is 5.75 Å². The summed E-state index contributed by atoms with van der Waals surface area (Å²) in [5.41, 5.74) is 6.98. The lowest BCUT2D eigenvalue weighted by Crippen LogP contribution is -2.33. The molecule has 1 saturated carbocycles. The normalized spacial score (nSPS) is 24.1. The van der Waals surface area contributed by atoms with Crippen molar-refractivity contribution >= 4 is 10.9 Å². The first-order valence-corrected chi connectivity index (χ1v) is 6.59. The summed E-state index contributed by atoms with van der Waals surface area (Å²) in [6.45, 7) is 0. The van der Waals surface area contributed by atoms with Crippen LogP contribution in [0.15, 0.2) is 36.5 Å². The number of hydrogen-bond donors (Lipinski definition) is 1. The van der Waals surface area contributed by atoms with Crippen LogP contribution in [0, 0.1) is 0 Å². The molecule has 2 N–H and O–H groups in total. The monoisotopic (exact) mass is 242 g/mol. The van der Waals surface area contributed by atoms with Gasteiger partial charge in [-0.2, -0.15) is 0 Å². The first kappa shape index (κ1) is 11.5. The summed E-state index contributed by atoms with van der Waals surface area (Å²) in [6, 6.07) is 10.3. The van der Waals surface area contributed by atoms with Crippen molar-refractivity contribution in [2.45, 2.75) is 37.8 Å². The summed E-state index contributed by atoms with van der Waals surface area (Å²) in [6.07, 6.45) is 6.40. The Labute approximate surface area is 107 Å². The van der Waals surface area contributed by atoms with E-state index in [1.807, 2.05) is 24.3 Å². The average Bonchev–Trinajstić information content (AvgIpc) is 2.39. The maximum absolute atomic E-state index is 6.12. The molecule has 2 unspecified atom stereocenters. The molecule has 0 saturated heterocycles. The summed E-state index contributed by atoms with van der Waals surface area (Å²) in [5.74, 6) is 0.930. The summed E-state index contributed by atoms with van der Waals surface area (Å²) in [4.78, 5) is 4.35. The number of hydrogen-bond acceptors (Lipinski definition) is 3. The van der Waals surface area contributed by atoms with E-state index in [4.69, 9.17) is 10.5 Å². The van der Waals surface area contributed by atoms with Crippen LogP contribution < -0.4 is 10.5 Å². The molecular formula is C15H18N2O. The van der Waals surface area contributed by atoms with E-state index < -0.39 is 0 Å². The molecule has 1 aromatic heterocycles. The number of rotatable bonds is 2. The number of para-hydroxylation sites is 1. The number of nitrogens with zero attached hydrogens (tertiary/aromatic N) is 1. The van der Waals surface area contributed by atoms with E-state index in [9.17, 15) is 0 Å². The van der Waals surface area contributed by atoms with Gasteiger partial charge in [0.15, 0.2) is 0 Å². The van der Waals surface area contributed by atoms with Gasteiger partial charge >= 0.3 is 0 Å². The van der Waals surface area contributed by atoms with Crippen molar-refractivity contribution in [2.75, 3.05) is 0 Å². The van der Waals surface area contributed by atoms with Crippen LogP contribution in [0.5, 0.6) is 5.75 Å². The molecule has 1 aliphatic rings. The summed E-state index contributed by atoms with van der Waals surface area (Å²) in [7, 11) is 0. The quantitative estimate of drug-likeness (QED) is 0.880. The predicted molar refractivity (Wildman–Crippen MR) is 72.6 cm³/mol. The Morgan fingerprint density at radius 1 is 1.17 bits per heavy atom. The van der Waals surface area contributed by atoms with E-state index in [-0.39, 0.29) is 12.1 Å². The summed E-state index contributed by atoms with van der Waals surface area (Å²) in [5, 5.41) is 1.08. The zero-order valence-electron chi connectivity index (χ0n) is 10.4. The molecule has 1 fully saturated rings. The van der Waals surface area contributed by atoms with Crippen molar-refractivity contribution in [3.63, 3.8) is 0 Å². The fourth-order valence-electron chi connectivity index (χ4n) is 2.64.